The van der Waals surface area contributed by atoms with E-state index >= 15 is 0 Å². The van der Waals surface area contributed by atoms with Crippen molar-refractivity contribution in [1.29, 1.82) is 0 Å². The number of aryl methyl sites for hydroxylation is 1. The van der Waals surface area contributed by atoms with Crippen molar-refractivity contribution in [2.75, 3.05) is 6.54 Å². The Balaban J connectivity index is 2.88. The van der Waals surface area contributed by atoms with Crippen LogP contribution < -0.4 is 5.32 Å². The summed E-state index contributed by atoms with van der Waals surface area (Å²) in [6.45, 7) is 9.96. The first-order valence-corrected chi connectivity index (χ1v) is 6.87. The van der Waals surface area contributed by atoms with Gasteiger partial charge in [0.2, 0.25) is 0 Å². The molecule has 0 fully saturated rings. The molecule has 0 saturated carbocycles. The molecule has 0 aliphatic carbocycles. The SMILES string of the molecule is CCCNC(c1cncc(C)c1)C(CC)CC. The molecule has 2 heteroatoms. The molecule has 17 heavy (non-hydrogen) atoms. The summed E-state index contributed by atoms with van der Waals surface area (Å²) in [6.07, 6.45) is 7.54. The zero-order valence-corrected chi connectivity index (χ0v) is 11.7. The van der Waals surface area contributed by atoms with E-state index in [1.54, 1.807) is 0 Å². The van der Waals surface area contributed by atoms with Gasteiger partial charge in [-0.1, -0.05) is 39.7 Å². The van der Waals surface area contributed by atoms with Crippen LogP contribution in [0, 0.1) is 12.8 Å². The molecule has 0 aliphatic heterocycles. The number of rotatable bonds is 7. The summed E-state index contributed by atoms with van der Waals surface area (Å²) in [5, 5.41) is 3.67. The lowest BCUT2D eigenvalue weighted by atomic mass is 9.89. The lowest BCUT2D eigenvalue weighted by molar-refractivity contribution is 0.341. The van der Waals surface area contributed by atoms with E-state index in [0.717, 1.165) is 6.54 Å². The van der Waals surface area contributed by atoms with Gasteiger partial charge in [-0.2, -0.15) is 0 Å². The van der Waals surface area contributed by atoms with Crippen molar-refractivity contribution >= 4 is 0 Å². The predicted octanol–water partition coefficient (Wildman–Crippen LogP) is 3.87. The Morgan fingerprint density at radius 3 is 2.41 bits per heavy atom. The fraction of sp³-hybridized carbons (Fsp3) is 0.667. The maximum absolute atomic E-state index is 4.32. The van der Waals surface area contributed by atoms with E-state index in [9.17, 15) is 0 Å². The van der Waals surface area contributed by atoms with E-state index in [2.05, 4.69) is 44.1 Å². The minimum atomic E-state index is 0.456. The molecule has 1 heterocycles. The predicted molar refractivity (Wildman–Crippen MR) is 74.1 cm³/mol. The normalized spacial score (nSPS) is 13.0. The zero-order valence-electron chi connectivity index (χ0n) is 11.7. The summed E-state index contributed by atoms with van der Waals surface area (Å²) < 4.78 is 0. The van der Waals surface area contributed by atoms with Gasteiger partial charge in [0, 0.05) is 18.4 Å². The molecular weight excluding hydrogens is 208 g/mol. The minimum absolute atomic E-state index is 0.456. The Labute approximate surface area is 106 Å². The summed E-state index contributed by atoms with van der Waals surface area (Å²) in [5.74, 6) is 0.699. The van der Waals surface area contributed by atoms with Gasteiger partial charge in [0.1, 0.15) is 0 Å². The van der Waals surface area contributed by atoms with Crippen molar-refractivity contribution in [3.63, 3.8) is 0 Å². The van der Waals surface area contributed by atoms with Crippen molar-refractivity contribution in [2.24, 2.45) is 5.92 Å². The molecule has 1 unspecified atom stereocenters. The Bertz CT molecular complexity index is 318. The van der Waals surface area contributed by atoms with E-state index in [1.807, 2.05) is 12.4 Å². The highest BCUT2D eigenvalue weighted by molar-refractivity contribution is 5.20. The molecule has 0 radical (unpaired) electrons. The Morgan fingerprint density at radius 1 is 1.18 bits per heavy atom. The van der Waals surface area contributed by atoms with Gasteiger partial charge in [-0.05, 0) is 36.9 Å². The molecule has 0 aromatic carbocycles. The standard InChI is InChI=1S/C15H26N2/c1-5-8-17-15(13(6-2)7-3)14-9-12(4)10-16-11-14/h9-11,13,15,17H,5-8H2,1-4H3. The first-order valence-electron chi connectivity index (χ1n) is 6.87. The van der Waals surface area contributed by atoms with Crippen LogP contribution >= 0.6 is 0 Å². The van der Waals surface area contributed by atoms with Crippen molar-refractivity contribution in [2.45, 2.75) is 53.0 Å². The second-order valence-corrected chi connectivity index (χ2v) is 4.80. The molecule has 0 amide bonds. The van der Waals surface area contributed by atoms with E-state index in [0.29, 0.717) is 12.0 Å². The summed E-state index contributed by atoms with van der Waals surface area (Å²) in [6, 6.07) is 2.72. The largest absolute Gasteiger partial charge is 0.310 e. The molecule has 1 aromatic rings. The third-order valence-corrected chi connectivity index (χ3v) is 3.39. The van der Waals surface area contributed by atoms with Gasteiger partial charge in [0.15, 0.2) is 0 Å². The van der Waals surface area contributed by atoms with Gasteiger partial charge in [0.25, 0.3) is 0 Å². The van der Waals surface area contributed by atoms with Crippen LogP contribution in [-0.4, -0.2) is 11.5 Å². The van der Waals surface area contributed by atoms with Crippen LogP contribution in [0.1, 0.15) is 57.2 Å². The number of nitrogens with zero attached hydrogens (tertiary/aromatic N) is 1. The molecule has 1 aromatic heterocycles. The summed E-state index contributed by atoms with van der Waals surface area (Å²) in [5.41, 5.74) is 2.59. The molecule has 1 N–H and O–H groups in total. The van der Waals surface area contributed by atoms with E-state index in [1.165, 1.54) is 30.4 Å². The first kappa shape index (κ1) is 14.2. The molecule has 1 atom stereocenters. The quantitative estimate of drug-likeness (QED) is 0.774. The van der Waals surface area contributed by atoms with Crippen molar-refractivity contribution in [3.8, 4) is 0 Å². The number of pyridine rings is 1. The third kappa shape index (κ3) is 4.12. The van der Waals surface area contributed by atoms with Gasteiger partial charge >= 0.3 is 0 Å². The third-order valence-electron chi connectivity index (χ3n) is 3.39. The van der Waals surface area contributed by atoms with Crippen LogP contribution in [0.25, 0.3) is 0 Å². The van der Waals surface area contributed by atoms with E-state index in [4.69, 9.17) is 0 Å². The number of nitrogens with one attached hydrogen (secondary N) is 1. The average Bonchev–Trinajstić information content (AvgIpc) is 2.34. The maximum atomic E-state index is 4.32. The summed E-state index contributed by atoms with van der Waals surface area (Å²) >= 11 is 0. The second kappa shape index (κ2) is 7.44. The number of hydrogen-bond acceptors (Lipinski definition) is 2. The molecule has 0 saturated heterocycles. The van der Waals surface area contributed by atoms with Gasteiger partial charge in [-0.15, -0.1) is 0 Å². The average molecular weight is 234 g/mol. The van der Waals surface area contributed by atoms with Crippen LogP contribution in [0.3, 0.4) is 0 Å². The van der Waals surface area contributed by atoms with Crippen molar-refractivity contribution < 1.29 is 0 Å². The van der Waals surface area contributed by atoms with Crippen molar-refractivity contribution in [3.05, 3.63) is 29.6 Å². The Kier molecular flexibility index (Phi) is 6.20. The summed E-state index contributed by atoms with van der Waals surface area (Å²) in [4.78, 5) is 4.32. The highest BCUT2D eigenvalue weighted by Crippen LogP contribution is 2.27. The minimum Gasteiger partial charge on any atom is -0.310 e. The van der Waals surface area contributed by atoms with E-state index < -0.39 is 0 Å². The van der Waals surface area contributed by atoms with Crippen LogP contribution in [0.2, 0.25) is 0 Å². The smallest absolute Gasteiger partial charge is 0.0363 e. The van der Waals surface area contributed by atoms with Crippen molar-refractivity contribution in [1.82, 2.24) is 10.3 Å². The molecule has 1 rings (SSSR count). The number of hydrogen-bond donors (Lipinski definition) is 1. The topological polar surface area (TPSA) is 24.9 Å². The van der Waals surface area contributed by atoms with E-state index in [-0.39, 0.29) is 0 Å². The zero-order chi connectivity index (χ0) is 12.7. The first-order chi connectivity index (χ1) is 8.22. The van der Waals surface area contributed by atoms with Crippen LogP contribution in [0.15, 0.2) is 18.5 Å². The molecule has 0 bridgehead atoms. The lowest BCUT2D eigenvalue weighted by Crippen LogP contribution is -2.28. The van der Waals surface area contributed by atoms with Gasteiger partial charge < -0.3 is 5.32 Å². The summed E-state index contributed by atoms with van der Waals surface area (Å²) in [7, 11) is 0. The fourth-order valence-electron chi connectivity index (χ4n) is 2.37. The highest BCUT2D eigenvalue weighted by atomic mass is 14.9. The molecule has 96 valence electrons. The Morgan fingerprint density at radius 2 is 1.88 bits per heavy atom. The van der Waals surface area contributed by atoms with Crippen LogP contribution in [0.5, 0.6) is 0 Å². The molecular formula is C15H26N2. The van der Waals surface area contributed by atoms with Crippen LogP contribution in [-0.2, 0) is 0 Å². The molecule has 0 spiro atoms. The maximum Gasteiger partial charge on any atom is 0.0363 e. The van der Waals surface area contributed by atoms with Gasteiger partial charge in [-0.3, -0.25) is 4.98 Å². The van der Waals surface area contributed by atoms with Crippen LogP contribution in [0.4, 0.5) is 0 Å². The second-order valence-electron chi connectivity index (χ2n) is 4.80. The molecule has 2 nitrogen and oxygen atoms in total. The number of aromatic nitrogens is 1. The molecule has 0 aliphatic rings. The fourth-order valence-corrected chi connectivity index (χ4v) is 2.37. The lowest BCUT2D eigenvalue weighted by Gasteiger charge is -2.27. The Hall–Kier alpha value is -0.890. The van der Waals surface area contributed by atoms with Gasteiger partial charge in [0.05, 0.1) is 0 Å². The van der Waals surface area contributed by atoms with Gasteiger partial charge in [-0.25, -0.2) is 0 Å². The monoisotopic (exact) mass is 234 g/mol. The highest BCUT2D eigenvalue weighted by Gasteiger charge is 2.19.